The summed E-state index contributed by atoms with van der Waals surface area (Å²) in [5.41, 5.74) is 3.18. The maximum atomic E-state index is 12.4. The summed E-state index contributed by atoms with van der Waals surface area (Å²) in [7, 11) is 1.80. The van der Waals surface area contributed by atoms with Gasteiger partial charge in [0.2, 0.25) is 0 Å². The quantitative estimate of drug-likeness (QED) is 0.808. The van der Waals surface area contributed by atoms with Crippen LogP contribution in [-0.2, 0) is 19.9 Å². The molecule has 2 aromatic rings. The largest absolute Gasteiger partial charge is 0.294 e. The second-order valence-electron chi connectivity index (χ2n) is 4.46. The van der Waals surface area contributed by atoms with Gasteiger partial charge in [-0.05, 0) is 25.0 Å². The van der Waals surface area contributed by atoms with Gasteiger partial charge in [-0.3, -0.25) is 14.5 Å². The number of hydrogen-bond acceptors (Lipinski definition) is 3. The van der Waals surface area contributed by atoms with E-state index >= 15 is 0 Å². The van der Waals surface area contributed by atoms with Gasteiger partial charge in [-0.25, -0.2) is 0 Å². The summed E-state index contributed by atoms with van der Waals surface area (Å²) in [6, 6.07) is 1.76. The number of carbonyl (C=O) groups is 1. The molecule has 0 spiro atoms. The van der Waals surface area contributed by atoms with Crippen LogP contribution >= 0.6 is 11.6 Å². The van der Waals surface area contributed by atoms with E-state index in [0.29, 0.717) is 10.6 Å². The lowest BCUT2D eigenvalue weighted by atomic mass is 10.0. The molecule has 0 bridgehead atoms. The highest BCUT2D eigenvalue weighted by molar-refractivity contribution is 6.32. The number of Topliss-reactive ketones (excluding diaryl/α,β-unsaturated/α-hetero) is 1. The molecule has 0 aliphatic carbocycles. The van der Waals surface area contributed by atoms with Gasteiger partial charge in [0.25, 0.3) is 0 Å². The Morgan fingerprint density at radius 3 is 2.79 bits per heavy atom. The number of carbonyl (C=O) groups excluding carboxylic acids is 1. The Kier molecular flexibility index (Phi) is 4.00. The fourth-order valence-electron chi connectivity index (χ4n) is 2.10. The Morgan fingerprint density at radius 2 is 2.21 bits per heavy atom. The molecule has 4 nitrogen and oxygen atoms in total. The maximum Gasteiger partial charge on any atom is 0.169 e. The predicted molar refractivity (Wildman–Crippen MR) is 74.6 cm³/mol. The Hall–Kier alpha value is -1.68. The Labute approximate surface area is 117 Å². The lowest BCUT2D eigenvalue weighted by molar-refractivity contribution is 0.0990. The third-order valence-corrected chi connectivity index (χ3v) is 3.67. The zero-order valence-corrected chi connectivity index (χ0v) is 12.0. The van der Waals surface area contributed by atoms with Gasteiger partial charge in [-0.15, -0.1) is 0 Å². The van der Waals surface area contributed by atoms with Crippen LogP contribution in [-0.4, -0.2) is 20.5 Å². The molecule has 0 atom stereocenters. The number of halogens is 1. The third-order valence-electron chi connectivity index (χ3n) is 3.17. The maximum absolute atomic E-state index is 12.4. The fraction of sp³-hybridized carbons (Fsp3) is 0.357. The van der Waals surface area contributed by atoms with Gasteiger partial charge in [0, 0.05) is 25.0 Å². The highest BCUT2D eigenvalue weighted by atomic mass is 35.5. The van der Waals surface area contributed by atoms with E-state index in [2.05, 4.69) is 10.1 Å². The number of ketones is 1. The van der Waals surface area contributed by atoms with Crippen molar-refractivity contribution in [2.45, 2.75) is 26.7 Å². The van der Waals surface area contributed by atoms with Crippen LogP contribution in [0.3, 0.4) is 0 Å². The fourth-order valence-corrected chi connectivity index (χ4v) is 2.33. The predicted octanol–water partition coefficient (Wildman–Crippen LogP) is 2.76. The highest BCUT2D eigenvalue weighted by Gasteiger charge is 2.17. The second-order valence-corrected chi connectivity index (χ2v) is 4.83. The van der Waals surface area contributed by atoms with E-state index < -0.39 is 0 Å². The van der Waals surface area contributed by atoms with Crippen LogP contribution < -0.4 is 0 Å². The van der Waals surface area contributed by atoms with Crippen molar-refractivity contribution in [2.24, 2.45) is 7.05 Å². The van der Waals surface area contributed by atoms with Gasteiger partial charge in [0.1, 0.15) is 0 Å². The Balaban J connectivity index is 2.31. The molecule has 0 fully saturated rings. The molecule has 0 radical (unpaired) electrons. The first-order valence-electron chi connectivity index (χ1n) is 6.18. The number of hydrogen-bond donors (Lipinski definition) is 0. The lowest BCUT2D eigenvalue weighted by Gasteiger charge is -2.06. The first-order chi connectivity index (χ1) is 9.04. The van der Waals surface area contributed by atoms with E-state index in [9.17, 15) is 4.79 Å². The normalized spacial score (nSPS) is 10.7. The van der Waals surface area contributed by atoms with Gasteiger partial charge in [-0.2, -0.15) is 5.10 Å². The van der Waals surface area contributed by atoms with E-state index in [1.807, 2.05) is 13.8 Å². The van der Waals surface area contributed by atoms with Crippen LogP contribution in [0.1, 0.15) is 34.2 Å². The van der Waals surface area contributed by atoms with E-state index in [1.165, 1.54) is 0 Å². The highest BCUT2D eigenvalue weighted by Crippen LogP contribution is 2.21. The van der Waals surface area contributed by atoms with Crippen molar-refractivity contribution < 1.29 is 4.79 Å². The van der Waals surface area contributed by atoms with Gasteiger partial charge in [-0.1, -0.05) is 18.5 Å². The number of nitrogens with zero attached hydrogens (tertiary/aromatic N) is 3. The van der Waals surface area contributed by atoms with E-state index in [4.69, 9.17) is 11.6 Å². The molecule has 0 aliphatic heterocycles. The number of pyridine rings is 1. The van der Waals surface area contributed by atoms with Crippen LogP contribution in [0.15, 0.2) is 18.5 Å². The van der Waals surface area contributed by atoms with Crippen LogP contribution in [0.5, 0.6) is 0 Å². The molecular formula is C14H16ClN3O. The molecule has 0 unspecified atom stereocenters. The van der Waals surface area contributed by atoms with E-state index in [-0.39, 0.29) is 12.2 Å². The zero-order valence-electron chi connectivity index (χ0n) is 11.3. The summed E-state index contributed by atoms with van der Waals surface area (Å²) in [5.74, 6) is 0.0455. The summed E-state index contributed by atoms with van der Waals surface area (Å²) < 4.78 is 1.67. The molecule has 0 amide bonds. The van der Waals surface area contributed by atoms with Crippen molar-refractivity contribution in [3.8, 4) is 0 Å². The molecule has 0 saturated carbocycles. The van der Waals surface area contributed by atoms with Crippen molar-refractivity contribution in [3.63, 3.8) is 0 Å². The molecule has 0 aromatic carbocycles. The van der Waals surface area contributed by atoms with Crippen LogP contribution in [0.25, 0.3) is 0 Å². The van der Waals surface area contributed by atoms with Crippen LogP contribution in [0.4, 0.5) is 0 Å². The number of aryl methyl sites for hydroxylation is 3. The summed E-state index contributed by atoms with van der Waals surface area (Å²) >= 11 is 6.17. The van der Waals surface area contributed by atoms with Crippen molar-refractivity contribution in [2.75, 3.05) is 0 Å². The monoisotopic (exact) mass is 277 g/mol. The molecule has 2 rings (SSSR count). The van der Waals surface area contributed by atoms with Crippen molar-refractivity contribution >= 4 is 17.4 Å². The van der Waals surface area contributed by atoms with Crippen LogP contribution in [0, 0.1) is 6.92 Å². The van der Waals surface area contributed by atoms with Gasteiger partial charge >= 0.3 is 0 Å². The standard InChI is InChI=1S/C14H16ClN3O/c1-4-10-8-16-6-5-11(10)13(19)7-12-14(15)9(2)17-18(12)3/h5-6,8H,4,7H2,1-3H3. The van der Waals surface area contributed by atoms with Gasteiger partial charge < -0.3 is 0 Å². The summed E-state index contributed by atoms with van der Waals surface area (Å²) in [4.78, 5) is 16.4. The third kappa shape index (κ3) is 2.68. The first-order valence-corrected chi connectivity index (χ1v) is 6.56. The van der Waals surface area contributed by atoms with E-state index in [1.54, 1.807) is 30.2 Å². The molecular weight excluding hydrogens is 262 g/mol. The zero-order chi connectivity index (χ0) is 14.0. The van der Waals surface area contributed by atoms with Crippen molar-refractivity contribution in [1.82, 2.24) is 14.8 Å². The minimum Gasteiger partial charge on any atom is -0.294 e. The number of rotatable bonds is 4. The summed E-state index contributed by atoms with van der Waals surface area (Å²) in [6.07, 6.45) is 4.42. The first kappa shape index (κ1) is 13.7. The van der Waals surface area contributed by atoms with Crippen molar-refractivity contribution in [3.05, 3.63) is 46.0 Å². The SMILES string of the molecule is CCc1cnccc1C(=O)Cc1c(Cl)c(C)nn1C. The average molecular weight is 278 g/mol. The summed E-state index contributed by atoms with van der Waals surface area (Å²) in [6.45, 7) is 3.84. The Morgan fingerprint density at radius 1 is 1.47 bits per heavy atom. The molecule has 0 N–H and O–H groups in total. The average Bonchev–Trinajstić information content (AvgIpc) is 2.65. The van der Waals surface area contributed by atoms with Crippen LogP contribution in [0.2, 0.25) is 5.02 Å². The topological polar surface area (TPSA) is 47.8 Å². The molecule has 2 aromatic heterocycles. The lowest BCUT2D eigenvalue weighted by Crippen LogP contribution is -2.10. The summed E-state index contributed by atoms with van der Waals surface area (Å²) in [5, 5.41) is 4.79. The van der Waals surface area contributed by atoms with E-state index in [0.717, 1.165) is 23.4 Å². The minimum absolute atomic E-state index is 0.0455. The molecule has 19 heavy (non-hydrogen) atoms. The molecule has 0 aliphatic rings. The molecule has 0 saturated heterocycles. The second kappa shape index (κ2) is 5.53. The smallest absolute Gasteiger partial charge is 0.169 e. The number of aromatic nitrogens is 3. The van der Waals surface area contributed by atoms with Gasteiger partial charge in [0.15, 0.2) is 5.78 Å². The molecule has 2 heterocycles. The molecule has 100 valence electrons. The van der Waals surface area contributed by atoms with Crippen molar-refractivity contribution in [1.29, 1.82) is 0 Å². The molecule has 5 heteroatoms. The van der Waals surface area contributed by atoms with Gasteiger partial charge in [0.05, 0.1) is 22.8 Å². The minimum atomic E-state index is 0.0455. The Bertz CT molecular complexity index is 619.